The van der Waals surface area contributed by atoms with Gasteiger partial charge in [-0.25, -0.2) is 4.99 Å². The van der Waals surface area contributed by atoms with Crippen LogP contribution in [0.2, 0.25) is 0 Å². The quantitative estimate of drug-likeness (QED) is 0.807. The van der Waals surface area contributed by atoms with Gasteiger partial charge in [0.05, 0.1) is 11.6 Å². The summed E-state index contributed by atoms with van der Waals surface area (Å²) in [5.41, 5.74) is 3.13. The number of aromatic nitrogens is 1. The number of hydrogen-bond donors (Lipinski definition) is 1. The van der Waals surface area contributed by atoms with Gasteiger partial charge in [-0.1, -0.05) is 36.4 Å². The van der Waals surface area contributed by atoms with Crippen molar-refractivity contribution in [1.29, 1.82) is 0 Å². The van der Waals surface area contributed by atoms with Crippen molar-refractivity contribution in [1.82, 2.24) is 4.57 Å². The Morgan fingerprint density at radius 3 is 2.78 bits per heavy atom. The number of aryl methyl sites for hydroxylation is 1. The third-order valence-corrected chi connectivity index (χ3v) is 4.31. The number of aromatic hydroxyl groups is 1. The highest BCUT2D eigenvalue weighted by Gasteiger charge is 2.23. The maximum absolute atomic E-state index is 10.0. The lowest BCUT2D eigenvalue weighted by Crippen LogP contribution is -2.10. The van der Waals surface area contributed by atoms with Crippen LogP contribution >= 0.6 is 0 Å². The van der Waals surface area contributed by atoms with Gasteiger partial charge in [0, 0.05) is 12.4 Å². The molecule has 0 bridgehead atoms. The van der Waals surface area contributed by atoms with Gasteiger partial charge in [0.25, 0.3) is 0 Å². The molecule has 0 saturated heterocycles. The van der Waals surface area contributed by atoms with Gasteiger partial charge in [0.15, 0.2) is 0 Å². The zero-order chi connectivity index (χ0) is 15.8. The molecule has 1 atom stereocenters. The lowest BCUT2D eigenvalue weighted by Gasteiger charge is -2.04. The SMILES string of the molecule is Cn1c(C2=N[C@H](Cc3ccccc3)CO2)cc2c(O)cccc21. The topological polar surface area (TPSA) is 46.8 Å². The molecule has 0 amide bonds. The predicted molar refractivity (Wildman–Crippen MR) is 91.0 cm³/mol. The molecular weight excluding hydrogens is 288 g/mol. The van der Waals surface area contributed by atoms with Crippen LogP contribution < -0.4 is 0 Å². The highest BCUT2D eigenvalue weighted by molar-refractivity contribution is 6.00. The molecule has 0 radical (unpaired) electrons. The minimum Gasteiger partial charge on any atom is -0.507 e. The number of ether oxygens (including phenoxy) is 1. The van der Waals surface area contributed by atoms with Gasteiger partial charge in [-0.15, -0.1) is 0 Å². The lowest BCUT2D eigenvalue weighted by molar-refractivity contribution is 0.315. The first-order valence-corrected chi connectivity index (χ1v) is 7.74. The van der Waals surface area contributed by atoms with Crippen LogP contribution in [0.4, 0.5) is 0 Å². The summed E-state index contributed by atoms with van der Waals surface area (Å²) in [6.07, 6.45) is 0.875. The van der Waals surface area contributed by atoms with E-state index in [-0.39, 0.29) is 11.8 Å². The monoisotopic (exact) mass is 306 g/mol. The van der Waals surface area contributed by atoms with Gasteiger partial charge in [-0.2, -0.15) is 0 Å². The number of rotatable bonds is 3. The number of phenolic OH excluding ortho intramolecular Hbond substituents is 1. The van der Waals surface area contributed by atoms with Crippen LogP contribution in [0.25, 0.3) is 10.9 Å². The van der Waals surface area contributed by atoms with Gasteiger partial charge in [0.1, 0.15) is 18.1 Å². The van der Waals surface area contributed by atoms with Crippen molar-refractivity contribution in [3.8, 4) is 5.75 Å². The second-order valence-corrected chi connectivity index (χ2v) is 5.89. The van der Waals surface area contributed by atoms with Crippen molar-refractivity contribution in [2.75, 3.05) is 6.61 Å². The summed E-state index contributed by atoms with van der Waals surface area (Å²) in [5, 5.41) is 10.8. The number of fused-ring (bicyclic) bond motifs is 1. The Bertz CT molecular complexity index is 881. The molecule has 0 saturated carbocycles. The maximum Gasteiger partial charge on any atom is 0.233 e. The van der Waals surface area contributed by atoms with Crippen LogP contribution in [-0.2, 0) is 18.2 Å². The number of phenols is 1. The van der Waals surface area contributed by atoms with Gasteiger partial charge < -0.3 is 14.4 Å². The molecule has 1 aromatic heterocycles. The van der Waals surface area contributed by atoms with E-state index in [9.17, 15) is 5.11 Å². The molecule has 3 aromatic rings. The van der Waals surface area contributed by atoms with E-state index in [1.54, 1.807) is 6.07 Å². The van der Waals surface area contributed by atoms with Crippen LogP contribution in [0.3, 0.4) is 0 Å². The van der Waals surface area contributed by atoms with Crippen LogP contribution in [0.5, 0.6) is 5.75 Å². The molecule has 0 unspecified atom stereocenters. The van der Waals surface area contributed by atoms with Crippen LogP contribution in [-0.4, -0.2) is 28.2 Å². The number of hydrogen-bond acceptors (Lipinski definition) is 3. The summed E-state index contributed by atoms with van der Waals surface area (Å²) < 4.78 is 7.83. The van der Waals surface area contributed by atoms with Crippen molar-refractivity contribution in [3.63, 3.8) is 0 Å². The molecule has 1 N–H and O–H groups in total. The van der Waals surface area contributed by atoms with E-state index in [0.717, 1.165) is 23.0 Å². The summed E-state index contributed by atoms with van der Waals surface area (Å²) in [6.45, 7) is 0.595. The van der Waals surface area contributed by atoms with E-state index in [0.29, 0.717) is 12.5 Å². The normalized spacial score (nSPS) is 17.3. The summed E-state index contributed by atoms with van der Waals surface area (Å²) in [7, 11) is 1.97. The molecule has 4 heteroatoms. The summed E-state index contributed by atoms with van der Waals surface area (Å²) >= 11 is 0. The third-order valence-electron chi connectivity index (χ3n) is 4.31. The molecule has 0 spiro atoms. The average molecular weight is 306 g/mol. The molecule has 0 fully saturated rings. The van der Waals surface area contributed by atoms with Crippen molar-refractivity contribution >= 4 is 16.8 Å². The zero-order valence-electron chi connectivity index (χ0n) is 12.9. The van der Waals surface area contributed by atoms with Crippen molar-refractivity contribution in [3.05, 3.63) is 65.9 Å². The third kappa shape index (κ3) is 2.46. The fourth-order valence-corrected chi connectivity index (χ4v) is 3.10. The Morgan fingerprint density at radius 1 is 1.17 bits per heavy atom. The zero-order valence-corrected chi connectivity index (χ0v) is 12.9. The molecule has 2 heterocycles. The minimum atomic E-state index is 0.138. The highest BCUT2D eigenvalue weighted by Crippen LogP contribution is 2.28. The van der Waals surface area contributed by atoms with Gasteiger partial charge in [0.2, 0.25) is 5.90 Å². The smallest absolute Gasteiger partial charge is 0.233 e. The Kier molecular flexibility index (Phi) is 3.30. The first-order chi connectivity index (χ1) is 11.2. The second kappa shape index (κ2) is 5.47. The lowest BCUT2D eigenvalue weighted by atomic mass is 10.1. The van der Waals surface area contributed by atoms with Crippen LogP contribution in [0, 0.1) is 0 Å². The number of nitrogens with zero attached hydrogens (tertiary/aromatic N) is 2. The summed E-state index contributed by atoms with van der Waals surface area (Å²) in [4.78, 5) is 4.73. The maximum atomic E-state index is 10.0. The van der Waals surface area contributed by atoms with Gasteiger partial charge in [-0.3, -0.25) is 0 Å². The molecule has 1 aliphatic heterocycles. The molecule has 4 rings (SSSR count). The van der Waals surface area contributed by atoms with E-state index in [2.05, 4.69) is 12.1 Å². The molecule has 116 valence electrons. The molecule has 1 aliphatic rings. The number of aliphatic imine (C=N–C) groups is 1. The molecular formula is C19H18N2O2. The van der Waals surface area contributed by atoms with Crippen LogP contribution in [0.15, 0.2) is 59.6 Å². The Balaban J connectivity index is 1.65. The van der Waals surface area contributed by atoms with E-state index < -0.39 is 0 Å². The Morgan fingerprint density at radius 2 is 2.00 bits per heavy atom. The molecule has 0 aliphatic carbocycles. The Labute approximate surface area is 134 Å². The first-order valence-electron chi connectivity index (χ1n) is 7.74. The van der Waals surface area contributed by atoms with Crippen molar-refractivity contribution < 1.29 is 9.84 Å². The van der Waals surface area contributed by atoms with Crippen molar-refractivity contribution in [2.24, 2.45) is 12.0 Å². The van der Waals surface area contributed by atoms with Gasteiger partial charge in [-0.05, 0) is 30.2 Å². The fourth-order valence-electron chi connectivity index (χ4n) is 3.10. The molecule has 2 aromatic carbocycles. The van der Waals surface area contributed by atoms with Crippen LogP contribution in [0.1, 0.15) is 11.3 Å². The first kappa shape index (κ1) is 13.9. The minimum absolute atomic E-state index is 0.138. The van der Waals surface area contributed by atoms with E-state index in [4.69, 9.17) is 9.73 Å². The summed E-state index contributed by atoms with van der Waals surface area (Å²) in [6, 6.07) is 17.9. The summed E-state index contributed by atoms with van der Waals surface area (Å²) in [5.74, 6) is 0.938. The van der Waals surface area contributed by atoms with Gasteiger partial charge >= 0.3 is 0 Å². The standard InChI is InChI=1S/C19H18N2O2/c1-21-16-8-5-9-18(22)15(16)11-17(21)19-20-14(12-23-19)10-13-6-3-2-4-7-13/h2-9,11,14,22H,10,12H2,1H3/t14-/m1/s1. The second-order valence-electron chi connectivity index (χ2n) is 5.89. The fraction of sp³-hybridized carbons (Fsp3) is 0.211. The predicted octanol–water partition coefficient (Wildman–Crippen LogP) is 3.27. The van der Waals surface area contributed by atoms with E-state index in [1.165, 1.54) is 5.56 Å². The van der Waals surface area contributed by atoms with Crippen molar-refractivity contribution in [2.45, 2.75) is 12.5 Å². The molecule has 4 nitrogen and oxygen atoms in total. The molecule has 23 heavy (non-hydrogen) atoms. The van der Waals surface area contributed by atoms with E-state index >= 15 is 0 Å². The van der Waals surface area contributed by atoms with E-state index in [1.807, 2.05) is 48.0 Å². The highest BCUT2D eigenvalue weighted by atomic mass is 16.5. The number of benzene rings is 2. The largest absolute Gasteiger partial charge is 0.507 e. The Hall–Kier alpha value is -2.75. The average Bonchev–Trinajstić information content (AvgIpc) is 3.14.